The first-order chi connectivity index (χ1) is 11.2. The molecule has 0 radical (unpaired) electrons. The van der Waals surface area contributed by atoms with Crippen molar-refractivity contribution in [3.8, 4) is 10.8 Å². The number of amides is 1. The molecule has 6 rings (SSSR count). The van der Waals surface area contributed by atoms with Crippen molar-refractivity contribution < 1.29 is 9.21 Å². The van der Waals surface area contributed by atoms with Gasteiger partial charge in [-0.25, -0.2) is 4.98 Å². The van der Waals surface area contributed by atoms with Crippen LogP contribution < -0.4 is 5.32 Å². The van der Waals surface area contributed by atoms with Crippen molar-refractivity contribution in [2.75, 3.05) is 0 Å². The lowest BCUT2D eigenvalue weighted by atomic mass is 9.53. The van der Waals surface area contributed by atoms with Gasteiger partial charge in [0.25, 0.3) is 5.91 Å². The van der Waals surface area contributed by atoms with Crippen molar-refractivity contribution in [3.63, 3.8) is 0 Å². The fraction of sp³-hybridized carbons (Fsp3) is 0.556. The van der Waals surface area contributed by atoms with Crippen LogP contribution in [0.2, 0.25) is 0 Å². The van der Waals surface area contributed by atoms with Gasteiger partial charge >= 0.3 is 0 Å². The number of nitrogens with zero attached hydrogens (tertiary/aromatic N) is 1. The van der Waals surface area contributed by atoms with E-state index in [4.69, 9.17) is 4.42 Å². The minimum absolute atomic E-state index is 0.0130. The van der Waals surface area contributed by atoms with Crippen LogP contribution in [0.25, 0.3) is 10.8 Å². The molecule has 4 bridgehead atoms. The van der Waals surface area contributed by atoms with E-state index in [1.807, 2.05) is 17.5 Å². The average molecular weight is 328 g/mol. The van der Waals surface area contributed by atoms with Crippen molar-refractivity contribution in [2.45, 2.75) is 44.1 Å². The third kappa shape index (κ3) is 2.33. The minimum atomic E-state index is -0.0130. The molecule has 0 aliphatic heterocycles. The summed E-state index contributed by atoms with van der Waals surface area (Å²) in [6.07, 6.45) is 9.28. The van der Waals surface area contributed by atoms with E-state index in [0.717, 1.165) is 28.5 Å². The number of nitrogens with one attached hydrogen (secondary N) is 1. The minimum Gasteiger partial charge on any atom is -0.462 e. The van der Waals surface area contributed by atoms with Crippen LogP contribution in [0, 0.1) is 17.8 Å². The van der Waals surface area contributed by atoms with E-state index in [1.165, 1.54) is 49.9 Å². The summed E-state index contributed by atoms with van der Waals surface area (Å²) in [6.45, 7) is 0. The summed E-state index contributed by atoms with van der Waals surface area (Å²) in [5.74, 6) is 3.20. The van der Waals surface area contributed by atoms with Gasteiger partial charge in [0.2, 0.25) is 0 Å². The zero-order valence-corrected chi connectivity index (χ0v) is 13.8. The smallest absolute Gasteiger partial charge is 0.271 e. The third-order valence-electron chi connectivity index (χ3n) is 5.89. The maximum Gasteiger partial charge on any atom is 0.271 e. The lowest BCUT2D eigenvalue weighted by Gasteiger charge is -2.56. The zero-order chi connectivity index (χ0) is 15.4. The zero-order valence-electron chi connectivity index (χ0n) is 13.0. The van der Waals surface area contributed by atoms with Crippen molar-refractivity contribution in [1.29, 1.82) is 0 Å². The summed E-state index contributed by atoms with van der Waals surface area (Å²) in [5.41, 5.74) is 0.567. The average Bonchev–Trinajstić information content (AvgIpc) is 3.17. The second-order valence-corrected chi connectivity index (χ2v) is 8.53. The van der Waals surface area contributed by atoms with E-state index in [-0.39, 0.29) is 11.4 Å². The Morgan fingerprint density at radius 3 is 2.52 bits per heavy atom. The Kier molecular flexibility index (Phi) is 2.96. The second-order valence-electron chi connectivity index (χ2n) is 7.67. The topological polar surface area (TPSA) is 55.1 Å². The largest absolute Gasteiger partial charge is 0.462 e. The van der Waals surface area contributed by atoms with Gasteiger partial charge in [-0.2, -0.15) is 0 Å². The van der Waals surface area contributed by atoms with Gasteiger partial charge in [-0.15, -0.1) is 11.3 Å². The Labute approximate surface area is 139 Å². The lowest BCUT2D eigenvalue weighted by molar-refractivity contribution is -0.0167. The molecule has 23 heavy (non-hydrogen) atoms. The quantitative estimate of drug-likeness (QED) is 0.923. The first kappa shape index (κ1) is 13.8. The van der Waals surface area contributed by atoms with Crippen molar-refractivity contribution >= 4 is 17.2 Å². The fourth-order valence-electron chi connectivity index (χ4n) is 5.46. The fourth-order valence-corrected chi connectivity index (χ4v) is 6.23. The van der Waals surface area contributed by atoms with Gasteiger partial charge in [-0.1, -0.05) is 0 Å². The molecule has 0 atom stereocenters. The summed E-state index contributed by atoms with van der Waals surface area (Å²) in [4.78, 5) is 17.2. The van der Waals surface area contributed by atoms with Gasteiger partial charge in [0.05, 0.1) is 6.26 Å². The molecule has 1 amide bonds. The predicted octanol–water partition coefficient (Wildman–Crippen LogP) is 4.10. The number of carbonyl (C=O) groups is 1. The SMILES string of the molecule is O=C(NC12CC3CC(CC(C3)C1)C2)c1csc(-c2ccco2)n1. The van der Waals surface area contributed by atoms with E-state index in [1.54, 1.807) is 6.26 Å². The summed E-state index contributed by atoms with van der Waals surface area (Å²) in [6, 6.07) is 3.71. The normalized spacial score (nSPS) is 34.7. The molecule has 4 saturated carbocycles. The van der Waals surface area contributed by atoms with Crippen LogP contribution in [0.3, 0.4) is 0 Å². The molecule has 4 aliphatic carbocycles. The van der Waals surface area contributed by atoms with E-state index in [9.17, 15) is 4.79 Å². The standard InChI is InChI=1S/C18H20N2O2S/c21-16(14-10-23-17(19-14)15-2-1-3-22-15)20-18-7-11-4-12(8-18)6-13(5-11)9-18/h1-3,10-13H,4-9H2,(H,20,21). The van der Waals surface area contributed by atoms with Crippen LogP contribution in [0.1, 0.15) is 49.0 Å². The Balaban J connectivity index is 1.36. The molecule has 1 N–H and O–H groups in total. The molecule has 4 aliphatic rings. The molecule has 4 nitrogen and oxygen atoms in total. The molecule has 0 aromatic carbocycles. The number of aromatic nitrogens is 1. The number of hydrogen-bond acceptors (Lipinski definition) is 4. The number of carbonyl (C=O) groups excluding carboxylic acids is 1. The summed E-state index contributed by atoms with van der Waals surface area (Å²) in [5, 5.41) is 5.98. The molecule has 0 unspecified atom stereocenters. The van der Waals surface area contributed by atoms with Crippen molar-refractivity contribution in [2.24, 2.45) is 17.8 Å². The van der Waals surface area contributed by atoms with Gasteiger partial charge in [0.1, 0.15) is 5.69 Å². The Bertz CT molecular complexity index is 699. The molecule has 4 fully saturated rings. The molecule has 2 aromatic heterocycles. The highest BCUT2D eigenvalue weighted by atomic mass is 32.1. The van der Waals surface area contributed by atoms with Crippen molar-refractivity contribution in [1.82, 2.24) is 10.3 Å². The number of rotatable bonds is 3. The van der Waals surface area contributed by atoms with Crippen LogP contribution in [-0.2, 0) is 0 Å². The monoisotopic (exact) mass is 328 g/mol. The number of thiazole rings is 1. The number of furan rings is 1. The Hall–Kier alpha value is -1.62. The maximum atomic E-state index is 12.7. The summed E-state index contributed by atoms with van der Waals surface area (Å²) < 4.78 is 5.36. The predicted molar refractivity (Wildman–Crippen MR) is 88.2 cm³/mol. The van der Waals surface area contributed by atoms with Gasteiger partial charge in [-0.3, -0.25) is 4.79 Å². The number of hydrogen-bond donors (Lipinski definition) is 1. The summed E-state index contributed by atoms with van der Waals surface area (Å²) >= 11 is 1.46. The first-order valence-corrected chi connectivity index (χ1v) is 9.39. The third-order valence-corrected chi connectivity index (χ3v) is 6.74. The van der Waals surface area contributed by atoms with E-state index < -0.39 is 0 Å². The molecule has 120 valence electrons. The van der Waals surface area contributed by atoms with Crippen LogP contribution in [0.5, 0.6) is 0 Å². The van der Waals surface area contributed by atoms with E-state index in [0.29, 0.717) is 5.69 Å². The van der Waals surface area contributed by atoms with Gasteiger partial charge in [0, 0.05) is 10.9 Å². The second kappa shape index (κ2) is 4.94. The molecular weight excluding hydrogens is 308 g/mol. The molecule has 2 heterocycles. The maximum absolute atomic E-state index is 12.7. The van der Waals surface area contributed by atoms with Gasteiger partial charge in [0.15, 0.2) is 10.8 Å². The molecule has 0 saturated heterocycles. The van der Waals surface area contributed by atoms with Crippen LogP contribution >= 0.6 is 11.3 Å². The van der Waals surface area contributed by atoms with E-state index in [2.05, 4.69) is 10.3 Å². The van der Waals surface area contributed by atoms with Gasteiger partial charge < -0.3 is 9.73 Å². The highest BCUT2D eigenvalue weighted by Crippen LogP contribution is 2.55. The molecule has 0 spiro atoms. The first-order valence-electron chi connectivity index (χ1n) is 8.51. The van der Waals surface area contributed by atoms with Crippen LogP contribution in [-0.4, -0.2) is 16.4 Å². The van der Waals surface area contributed by atoms with E-state index >= 15 is 0 Å². The Morgan fingerprint density at radius 2 is 1.91 bits per heavy atom. The highest BCUT2D eigenvalue weighted by molar-refractivity contribution is 7.13. The van der Waals surface area contributed by atoms with Crippen molar-refractivity contribution in [3.05, 3.63) is 29.5 Å². The summed E-state index contributed by atoms with van der Waals surface area (Å²) in [7, 11) is 0. The lowest BCUT2D eigenvalue weighted by Crippen LogP contribution is -2.59. The Morgan fingerprint density at radius 1 is 1.22 bits per heavy atom. The molecule has 5 heteroatoms. The highest BCUT2D eigenvalue weighted by Gasteiger charge is 2.51. The van der Waals surface area contributed by atoms with Crippen LogP contribution in [0.4, 0.5) is 0 Å². The molecular formula is C18H20N2O2S. The molecule has 2 aromatic rings. The van der Waals surface area contributed by atoms with Crippen LogP contribution in [0.15, 0.2) is 28.2 Å². The van der Waals surface area contributed by atoms with Gasteiger partial charge in [-0.05, 0) is 68.4 Å².